The fraction of sp³-hybridized carbons (Fsp3) is 0.600. The molecule has 1 nitrogen and oxygen atoms in total. The molecular formula is C15H20FN. The van der Waals surface area contributed by atoms with Gasteiger partial charge in [-0.05, 0) is 55.0 Å². The van der Waals surface area contributed by atoms with E-state index in [1.54, 1.807) is 12.1 Å². The molecule has 0 radical (unpaired) electrons. The molecular weight excluding hydrogens is 213 g/mol. The lowest BCUT2D eigenvalue weighted by Gasteiger charge is -2.13. The molecule has 2 unspecified atom stereocenters. The fourth-order valence-electron chi connectivity index (χ4n) is 3.41. The average molecular weight is 233 g/mol. The third kappa shape index (κ3) is 1.79. The number of halogens is 1. The summed E-state index contributed by atoms with van der Waals surface area (Å²) in [5.74, 6) is 0.676. The Bertz CT molecular complexity index is 441. The van der Waals surface area contributed by atoms with Crippen LogP contribution in [-0.4, -0.2) is 12.6 Å². The first-order valence-electron chi connectivity index (χ1n) is 6.64. The van der Waals surface area contributed by atoms with Gasteiger partial charge in [-0.2, -0.15) is 0 Å². The summed E-state index contributed by atoms with van der Waals surface area (Å²) in [6, 6.07) is 5.93. The second-order valence-electron chi connectivity index (χ2n) is 5.92. The first-order chi connectivity index (χ1) is 8.12. The Balaban J connectivity index is 1.77. The second kappa shape index (κ2) is 3.81. The summed E-state index contributed by atoms with van der Waals surface area (Å²) in [6.07, 6.45) is 3.56. The van der Waals surface area contributed by atoms with E-state index < -0.39 is 0 Å². The van der Waals surface area contributed by atoms with E-state index >= 15 is 0 Å². The van der Waals surface area contributed by atoms with Crippen molar-refractivity contribution >= 4 is 0 Å². The Hall–Kier alpha value is -0.890. The predicted octanol–water partition coefficient (Wildman–Crippen LogP) is 3.03. The van der Waals surface area contributed by atoms with E-state index in [9.17, 15) is 4.39 Å². The number of nitrogens with one attached hydrogen (secondary N) is 1. The normalized spacial score (nSPS) is 30.0. The topological polar surface area (TPSA) is 12.0 Å². The Kier molecular flexibility index (Phi) is 2.51. The highest BCUT2D eigenvalue weighted by atomic mass is 19.1. The van der Waals surface area contributed by atoms with Crippen molar-refractivity contribution in [3.8, 4) is 0 Å². The molecule has 17 heavy (non-hydrogen) atoms. The predicted molar refractivity (Wildman–Crippen MR) is 67.6 cm³/mol. The van der Waals surface area contributed by atoms with E-state index in [-0.39, 0.29) is 5.82 Å². The molecule has 2 aliphatic rings. The second-order valence-corrected chi connectivity index (χ2v) is 5.92. The highest BCUT2D eigenvalue weighted by Crippen LogP contribution is 2.61. The van der Waals surface area contributed by atoms with Gasteiger partial charge in [-0.15, -0.1) is 0 Å². The molecule has 2 heteroatoms. The van der Waals surface area contributed by atoms with Gasteiger partial charge in [0.05, 0.1) is 0 Å². The van der Waals surface area contributed by atoms with Crippen molar-refractivity contribution < 1.29 is 4.39 Å². The van der Waals surface area contributed by atoms with Crippen LogP contribution in [0.5, 0.6) is 0 Å². The van der Waals surface area contributed by atoms with E-state index in [0.717, 1.165) is 18.9 Å². The lowest BCUT2D eigenvalue weighted by Crippen LogP contribution is -2.27. The van der Waals surface area contributed by atoms with Crippen LogP contribution in [0.1, 0.15) is 37.8 Å². The Morgan fingerprint density at radius 3 is 3.06 bits per heavy atom. The molecule has 3 rings (SSSR count). The van der Waals surface area contributed by atoms with Gasteiger partial charge in [0.1, 0.15) is 5.82 Å². The summed E-state index contributed by atoms with van der Waals surface area (Å²) in [7, 11) is 0. The van der Waals surface area contributed by atoms with Crippen LogP contribution in [0.15, 0.2) is 18.2 Å². The monoisotopic (exact) mass is 233 g/mol. The SMILES string of the molecule is CC(C)NCC1CC12CCc1cc(F)ccc12. The zero-order valence-corrected chi connectivity index (χ0v) is 10.6. The zero-order chi connectivity index (χ0) is 12.0. The van der Waals surface area contributed by atoms with Crippen molar-refractivity contribution in [3.63, 3.8) is 0 Å². The summed E-state index contributed by atoms with van der Waals surface area (Å²) in [5.41, 5.74) is 3.07. The van der Waals surface area contributed by atoms with Crippen molar-refractivity contribution in [3.05, 3.63) is 35.1 Å². The molecule has 1 saturated carbocycles. The Morgan fingerprint density at radius 1 is 1.47 bits per heavy atom. The lowest BCUT2D eigenvalue weighted by atomic mass is 9.95. The number of benzene rings is 1. The Labute approximate surface area is 102 Å². The standard InChI is InChI=1S/C15H20FN/c1-10(2)17-9-12-8-15(12)6-5-11-7-13(16)3-4-14(11)15/h3-4,7,10,12,17H,5-6,8-9H2,1-2H3. The molecule has 0 saturated heterocycles. The molecule has 2 atom stereocenters. The van der Waals surface area contributed by atoms with Crippen molar-refractivity contribution in [2.45, 2.75) is 44.6 Å². The van der Waals surface area contributed by atoms with Crippen molar-refractivity contribution in [2.75, 3.05) is 6.54 Å². The van der Waals surface area contributed by atoms with Crippen molar-refractivity contribution in [1.82, 2.24) is 5.32 Å². The first-order valence-corrected chi connectivity index (χ1v) is 6.64. The van der Waals surface area contributed by atoms with E-state index in [1.807, 2.05) is 6.07 Å². The van der Waals surface area contributed by atoms with Gasteiger partial charge < -0.3 is 5.32 Å². The van der Waals surface area contributed by atoms with Gasteiger partial charge in [-0.1, -0.05) is 19.9 Å². The summed E-state index contributed by atoms with van der Waals surface area (Å²) >= 11 is 0. The maximum Gasteiger partial charge on any atom is 0.123 e. The van der Waals surface area contributed by atoms with Gasteiger partial charge in [-0.3, -0.25) is 0 Å². The van der Waals surface area contributed by atoms with Crippen LogP contribution in [0.4, 0.5) is 4.39 Å². The highest BCUT2D eigenvalue weighted by Gasteiger charge is 2.57. The van der Waals surface area contributed by atoms with E-state index in [0.29, 0.717) is 11.5 Å². The molecule has 0 heterocycles. The summed E-state index contributed by atoms with van der Waals surface area (Å²) in [6.45, 7) is 5.48. The third-order valence-electron chi connectivity index (χ3n) is 4.45. The molecule has 0 bridgehead atoms. The van der Waals surface area contributed by atoms with E-state index in [2.05, 4.69) is 19.2 Å². The van der Waals surface area contributed by atoms with Crippen LogP contribution in [0.2, 0.25) is 0 Å². The smallest absolute Gasteiger partial charge is 0.123 e. The van der Waals surface area contributed by atoms with Gasteiger partial charge in [0.2, 0.25) is 0 Å². The molecule has 0 aliphatic heterocycles. The summed E-state index contributed by atoms with van der Waals surface area (Å²) in [4.78, 5) is 0. The third-order valence-corrected chi connectivity index (χ3v) is 4.45. The Morgan fingerprint density at radius 2 is 2.29 bits per heavy atom. The molecule has 2 aliphatic carbocycles. The fourth-order valence-corrected chi connectivity index (χ4v) is 3.41. The van der Waals surface area contributed by atoms with Gasteiger partial charge in [-0.25, -0.2) is 4.39 Å². The van der Waals surface area contributed by atoms with Crippen LogP contribution in [0, 0.1) is 11.7 Å². The summed E-state index contributed by atoms with van der Waals surface area (Å²) in [5, 5.41) is 3.53. The lowest BCUT2D eigenvalue weighted by molar-refractivity contribution is 0.511. The molecule has 1 spiro atoms. The molecule has 0 aromatic heterocycles. The molecule has 0 amide bonds. The minimum atomic E-state index is -0.0849. The number of rotatable bonds is 3. The van der Waals surface area contributed by atoms with E-state index in [4.69, 9.17) is 0 Å². The number of aryl methyl sites for hydroxylation is 1. The summed E-state index contributed by atoms with van der Waals surface area (Å²) < 4.78 is 13.2. The van der Waals surface area contributed by atoms with Crippen LogP contribution in [0.25, 0.3) is 0 Å². The first kappa shape index (κ1) is 11.2. The highest BCUT2D eigenvalue weighted by molar-refractivity contribution is 5.45. The van der Waals surface area contributed by atoms with E-state index in [1.165, 1.54) is 24.0 Å². The minimum Gasteiger partial charge on any atom is -0.314 e. The molecule has 1 N–H and O–H groups in total. The molecule has 1 fully saturated rings. The number of hydrogen-bond acceptors (Lipinski definition) is 1. The average Bonchev–Trinajstić information content (AvgIpc) is 2.86. The van der Waals surface area contributed by atoms with Crippen LogP contribution >= 0.6 is 0 Å². The number of fused-ring (bicyclic) bond motifs is 2. The number of hydrogen-bond donors (Lipinski definition) is 1. The van der Waals surface area contributed by atoms with Crippen molar-refractivity contribution in [1.29, 1.82) is 0 Å². The van der Waals surface area contributed by atoms with Gasteiger partial charge in [0, 0.05) is 11.5 Å². The van der Waals surface area contributed by atoms with Gasteiger partial charge >= 0.3 is 0 Å². The molecule has 92 valence electrons. The van der Waals surface area contributed by atoms with Crippen LogP contribution in [-0.2, 0) is 11.8 Å². The van der Waals surface area contributed by atoms with Gasteiger partial charge in [0.15, 0.2) is 0 Å². The molecule has 1 aromatic carbocycles. The quantitative estimate of drug-likeness (QED) is 0.846. The maximum absolute atomic E-state index is 13.2. The zero-order valence-electron chi connectivity index (χ0n) is 10.6. The van der Waals surface area contributed by atoms with Crippen LogP contribution in [0.3, 0.4) is 0 Å². The van der Waals surface area contributed by atoms with Crippen molar-refractivity contribution in [2.24, 2.45) is 5.92 Å². The van der Waals surface area contributed by atoms with Crippen LogP contribution < -0.4 is 5.32 Å². The minimum absolute atomic E-state index is 0.0849. The van der Waals surface area contributed by atoms with Gasteiger partial charge in [0.25, 0.3) is 0 Å². The largest absolute Gasteiger partial charge is 0.314 e. The molecule has 1 aromatic rings. The maximum atomic E-state index is 13.2.